The molecule has 0 aliphatic heterocycles. The van der Waals surface area contributed by atoms with Gasteiger partial charge in [0.2, 0.25) is 0 Å². The van der Waals surface area contributed by atoms with Gasteiger partial charge in [-0.3, -0.25) is 4.79 Å². The summed E-state index contributed by atoms with van der Waals surface area (Å²) >= 11 is 0. The quantitative estimate of drug-likeness (QED) is 0.707. The number of carbonyl (C=O) groups is 1. The van der Waals surface area contributed by atoms with Gasteiger partial charge in [0, 0.05) is 0 Å². The van der Waals surface area contributed by atoms with Gasteiger partial charge in [-0.15, -0.1) is 0 Å². The molecule has 0 amide bonds. The molecule has 0 saturated carbocycles. The first-order valence-electron chi connectivity index (χ1n) is 7.93. The van der Waals surface area contributed by atoms with Crippen LogP contribution in [0.1, 0.15) is 58.6 Å². The molecule has 0 radical (unpaired) electrons. The van der Waals surface area contributed by atoms with Gasteiger partial charge in [-0.25, -0.2) is 0 Å². The summed E-state index contributed by atoms with van der Waals surface area (Å²) in [6.07, 6.45) is 2.93. The Morgan fingerprint density at radius 1 is 1.14 bits per heavy atom. The molecule has 1 aromatic rings. The molecule has 1 atom stereocenters. The van der Waals surface area contributed by atoms with Crippen LogP contribution in [-0.4, -0.2) is 13.1 Å². The maximum atomic E-state index is 11.7. The molecular formula is C19H30O2. The Bertz CT molecular complexity index is 438. The van der Waals surface area contributed by atoms with Crippen molar-refractivity contribution < 1.29 is 9.53 Å². The van der Waals surface area contributed by atoms with E-state index < -0.39 is 0 Å². The molecule has 0 aliphatic carbocycles. The van der Waals surface area contributed by atoms with E-state index in [0.717, 1.165) is 19.3 Å². The number of carbonyl (C=O) groups excluding carboxylic acids is 1. The van der Waals surface area contributed by atoms with Crippen molar-refractivity contribution in [1.29, 1.82) is 0 Å². The second-order valence-electron chi connectivity index (χ2n) is 7.21. The number of rotatable bonds is 6. The minimum Gasteiger partial charge on any atom is -0.469 e. The summed E-state index contributed by atoms with van der Waals surface area (Å²) in [4.78, 5) is 11.7. The summed E-state index contributed by atoms with van der Waals surface area (Å²) in [5.41, 5.74) is 2.91. The molecule has 21 heavy (non-hydrogen) atoms. The van der Waals surface area contributed by atoms with Gasteiger partial charge in [0.1, 0.15) is 0 Å². The Balaban J connectivity index is 2.54. The zero-order valence-corrected chi connectivity index (χ0v) is 14.4. The number of esters is 1. The molecule has 0 heterocycles. The summed E-state index contributed by atoms with van der Waals surface area (Å²) in [6.45, 7) is 10.8. The number of methoxy groups -OCH3 is 1. The van der Waals surface area contributed by atoms with E-state index in [4.69, 9.17) is 4.74 Å². The van der Waals surface area contributed by atoms with Gasteiger partial charge in [0.05, 0.1) is 13.0 Å². The molecule has 0 N–H and O–H groups in total. The molecule has 2 heteroatoms. The minimum atomic E-state index is -0.0759. The van der Waals surface area contributed by atoms with E-state index in [0.29, 0.717) is 5.92 Å². The third-order valence-corrected chi connectivity index (χ3v) is 4.11. The zero-order valence-electron chi connectivity index (χ0n) is 14.4. The second-order valence-corrected chi connectivity index (χ2v) is 7.21. The summed E-state index contributed by atoms with van der Waals surface area (Å²) in [6, 6.07) is 8.86. The van der Waals surface area contributed by atoms with Gasteiger partial charge >= 0.3 is 5.97 Å². The van der Waals surface area contributed by atoms with Crippen LogP contribution in [0.4, 0.5) is 0 Å². The molecule has 0 spiro atoms. The van der Waals surface area contributed by atoms with Crippen LogP contribution in [0, 0.1) is 11.8 Å². The van der Waals surface area contributed by atoms with Crippen LogP contribution in [-0.2, 0) is 21.4 Å². The summed E-state index contributed by atoms with van der Waals surface area (Å²) in [5, 5.41) is 0. The maximum Gasteiger partial charge on any atom is 0.308 e. The number of ether oxygens (including phenoxy) is 1. The van der Waals surface area contributed by atoms with E-state index in [1.807, 2.05) is 0 Å². The maximum absolute atomic E-state index is 11.7. The van der Waals surface area contributed by atoms with Crippen molar-refractivity contribution in [2.75, 3.05) is 7.11 Å². The van der Waals surface area contributed by atoms with Crippen molar-refractivity contribution in [3.8, 4) is 0 Å². The number of benzene rings is 1. The van der Waals surface area contributed by atoms with Crippen LogP contribution in [0.5, 0.6) is 0 Å². The molecule has 0 bridgehead atoms. The standard InChI is InChI=1S/C19H30O2/c1-14(2)17(18(20)21-6)9-7-8-15-10-12-16(13-11-15)19(3,4)5/h10-14,17H,7-9H2,1-6H3/t17-/m0/s1. The summed E-state index contributed by atoms with van der Waals surface area (Å²) < 4.78 is 4.89. The zero-order chi connectivity index (χ0) is 16.0. The second kappa shape index (κ2) is 7.63. The van der Waals surface area contributed by atoms with Crippen molar-refractivity contribution in [2.24, 2.45) is 11.8 Å². The monoisotopic (exact) mass is 290 g/mol. The molecule has 1 rings (SSSR count). The van der Waals surface area contributed by atoms with Crippen LogP contribution in [0.2, 0.25) is 0 Å². The van der Waals surface area contributed by atoms with E-state index in [1.54, 1.807) is 0 Å². The Kier molecular flexibility index (Phi) is 6.44. The van der Waals surface area contributed by atoms with Crippen LogP contribution in [0.25, 0.3) is 0 Å². The molecular weight excluding hydrogens is 260 g/mol. The molecule has 1 aromatic carbocycles. The van der Waals surface area contributed by atoms with Gasteiger partial charge in [-0.05, 0) is 41.7 Å². The third-order valence-electron chi connectivity index (χ3n) is 4.11. The van der Waals surface area contributed by atoms with Gasteiger partial charge in [-0.2, -0.15) is 0 Å². The fourth-order valence-electron chi connectivity index (χ4n) is 2.57. The lowest BCUT2D eigenvalue weighted by Gasteiger charge is -2.20. The Hall–Kier alpha value is -1.31. The number of hydrogen-bond donors (Lipinski definition) is 0. The van der Waals surface area contributed by atoms with E-state index in [2.05, 4.69) is 58.9 Å². The van der Waals surface area contributed by atoms with Crippen molar-refractivity contribution in [1.82, 2.24) is 0 Å². The fourth-order valence-corrected chi connectivity index (χ4v) is 2.57. The van der Waals surface area contributed by atoms with Gasteiger partial charge < -0.3 is 4.74 Å². The van der Waals surface area contributed by atoms with Crippen molar-refractivity contribution in [3.05, 3.63) is 35.4 Å². The van der Waals surface area contributed by atoms with Crippen molar-refractivity contribution in [3.63, 3.8) is 0 Å². The lowest BCUT2D eigenvalue weighted by molar-refractivity contribution is -0.147. The SMILES string of the molecule is COC(=O)[C@@H](CCCc1ccc(C(C)(C)C)cc1)C(C)C. The fraction of sp³-hybridized carbons (Fsp3) is 0.632. The first-order chi connectivity index (χ1) is 9.75. The Morgan fingerprint density at radius 3 is 2.14 bits per heavy atom. The van der Waals surface area contributed by atoms with Crippen molar-refractivity contribution in [2.45, 2.75) is 59.3 Å². The third kappa shape index (κ3) is 5.53. The average Bonchev–Trinajstić information content (AvgIpc) is 2.42. The summed E-state index contributed by atoms with van der Waals surface area (Å²) in [7, 11) is 1.48. The smallest absolute Gasteiger partial charge is 0.308 e. The topological polar surface area (TPSA) is 26.3 Å². The van der Waals surface area contributed by atoms with Crippen LogP contribution >= 0.6 is 0 Å². The molecule has 0 aromatic heterocycles. The van der Waals surface area contributed by atoms with Gasteiger partial charge in [0.15, 0.2) is 0 Å². The Labute approximate surface area is 129 Å². The van der Waals surface area contributed by atoms with Crippen LogP contribution in [0.15, 0.2) is 24.3 Å². The molecule has 0 fully saturated rings. The van der Waals surface area contributed by atoms with E-state index in [9.17, 15) is 4.79 Å². The Morgan fingerprint density at radius 2 is 1.71 bits per heavy atom. The summed E-state index contributed by atoms with van der Waals surface area (Å²) in [5.74, 6) is 0.276. The van der Waals surface area contributed by atoms with E-state index in [-0.39, 0.29) is 17.3 Å². The number of aryl methyl sites for hydroxylation is 1. The van der Waals surface area contributed by atoms with Crippen molar-refractivity contribution >= 4 is 5.97 Å². The molecule has 118 valence electrons. The predicted octanol–water partition coefficient (Wildman–Crippen LogP) is 4.75. The minimum absolute atomic E-state index is 0.0175. The highest BCUT2D eigenvalue weighted by Gasteiger charge is 2.22. The van der Waals surface area contributed by atoms with Gasteiger partial charge in [-0.1, -0.05) is 58.9 Å². The normalized spacial score (nSPS) is 13.3. The molecule has 0 saturated heterocycles. The molecule has 0 aliphatic rings. The first kappa shape index (κ1) is 17.7. The lowest BCUT2D eigenvalue weighted by Crippen LogP contribution is -2.21. The predicted molar refractivity (Wildman–Crippen MR) is 88.4 cm³/mol. The van der Waals surface area contributed by atoms with E-state index in [1.165, 1.54) is 18.2 Å². The molecule has 0 unspecified atom stereocenters. The highest BCUT2D eigenvalue weighted by Crippen LogP contribution is 2.24. The van der Waals surface area contributed by atoms with E-state index >= 15 is 0 Å². The first-order valence-corrected chi connectivity index (χ1v) is 7.93. The average molecular weight is 290 g/mol. The largest absolute Gasteiger partial charge is 0.469 e. The lowest BCUT2D eigenvalue weighted by atomic mass is 9.86. The highest BCUT2D eigenvalue weighted by molar-refractivity contribution is 5.72. The molecule has 2 nitrogen and oxygen atoms in total. The number of hydrogen-bond acceptors (Lipinski definition) is 2. The van der Waals surface area contributed by atoms with Crippen LogP contribution < -0.4 is 0 Å². The van der Waals surface area contributed by atoms with Gasteiger partial charge in [0.25, 0.3) is 0 Å². The highest BCUT2D eigenvalue weighted by atomic mass is 16.5. The van der Waals surface area contributed by atoms with Crippen LogP contribution in [0.3, 0.4) is 0 Å².